The van der Waals surface area contributed by atoms with Gasteiger partial charge in [-0.2, -0.15) is 0 Å². The molecule has 0 unspecified atom stereocenters. The molecule has 6 nitrogen and oxygen atoms in total. The molecule has 0 spiro atoms. The zero-order chi connectivity index (χ0) is 64.6. The third-order valence-electron chi connectivity index (χ3n) is 21.1. The van der Waals surface area contributed by atoms with E-state index in [0.29, 0.717) is 11.8 Å². The van der Waals surface area contributed by atoms with Crippen LogP contribution in [0.3, 0.4) is 0 Å². The van der Waals surface area contributed by atoms with Crippen LogP contribution in [0.15, 0.2) is 48.5 Å². The predicted molar refractivity (Wildman–Crippen MR) is 399 cm³/mol. The first-order chi connectivity index (χ1) is 44.8. The van der Waals surface area contributed by atoms with Crippen LogP contribution in [0.5, 0.6) is 11.5 Å². The first kappa shape index (κ1) is 82.2. The molecule has 2 aromatic carbocycles. The Labute approximate surface area is 569 Å². The highest BCUT2D eigenvalue weighted by Crippen LogP contribution is 2.53. The second-order valence-corrected chi connectivity index (χ2v) is 31.8. The lowest BCUT2D eigenvalue weighted by Crippen LogP contribution is -2.38. The highest BCUT2D eigenvalue weighted by atomic mass is 31.2. The van der Waals surface area contributed by atoms with Crippen LogP contribution in [0, 0.1) is 17.3 Å². The summed E-state index contributed by atoms with van der Waals surface area (Å²) in [4.78, 5) is 0. The summed E-state index contributed by atoms with van der Waals surface area (Å²) in [5.74, 6) is 3.11. The lowest BCUT2D eigenvalue weighted by Gasteiger charge is -2.46. The zero-order valence-corrected chi connectivity index (χ0v) is 63.0. The van der Waals surface area contributed by atoms with E-state index in [2.05, 4.69) is 90.1 Å². The Morgan fingerprint density at radius 1 is 0.308 bits per heavy atom. The lowest BCUT2D eigenvalue weighted by atomic mass is 9.60. The Kier molecular flexibility index (Phi) is 52.2. The fourth-order valence-electron chi connectivity index (χ4n) is 14.8. The smallest absolute Gasteiger partial charge is 0.418 e. The molecule has 2 aliphatic carbocycles. The Hall–Kier alpha value is -1.26. The Bertz CT molecular complexity index is 1780. The Morgan fingerprint density at radius 3 is 0.846 bits per heavy atom. The Morgan fingerprint density at radius 2 is 0.560 bits per heavy atom. The minimum absolute atomic E-state index is 0.125. The van der Waals surface area contributed by atoms with Gasteiger partial charge in [0.2, 0.25) is 0 Å². The van der Waals surface area contributed by atoms with Crippen molar-refractivity contribution in [1.82, 2.24) is 0 Å². The van der Waals surface area contributed by atoms with E-state index < -0.39 is 17.2 Å². The average Bonchev–Trinajstić information content (AvgIpc) is 2.35. The number of hydrogen-bond acceptors (Lipinski definition) is 6. The van der Waals surface area contributed by atoms with Crippen molar-refractivity contribution >= 4 is 17.2 Å². The molecular formula is C83H150O6P2. The molecule has 4 rings (SSSR count). The van der Waals surface area contributed by atoms with Gasteiger partial charge in [0.05, 0.1) is 25.4 Å². The first-order valence-corrected chi connectivity index (χ1v) is 42.8. The van der Waals surface area contributed by atoms with E-state index in [4.69, 9.17) is 27.1 Å². The summed E-state index contributed by atoms with van der Waals surface area (Å²) in [7, 11) is -2.96. The molecule has 2 fully saturated rings. The van der Waals surface area contributed by atoms with Gasteiger partial charge in [-0.15, -0.1) is 0 Å². The van der Waals surface area contributed by atoms with E-state index in [1.165, 1.54) is 332 Å². The van der Waals surface area contributed by atoms with Crippen LogP contribution >= 0.6 is 17.2 Å². The van der Waals surface area contributed by atoms with Crippen molar-refractivity contribution in [3.8, 4) is 11.5 Å². The van der Waals surface area contributed by atoms with Crippen molar-refractivity contribution in [2.45, 2.75) is 426 Å². The van der Waals surface area contributed by atoms with Gasteiger partial charge in [-0.1, -0.05) is 348 Å². The van der Waals surface area contributed by atoms with Crippen LogP contribution in [0.4, 0.5) is 0 Å². The SMILES string of the molecule is CCCCCCCCCCCCCCOP(OCCCCCCCCCCCCCC)OC1CCC(C(C)(C)C2CCC(OP(Oc3cccc(CCCCCCCCCCCCCC)c3)Oc3cccc(CCCCCCCCCCCCCC)c3)CC2)CC1. The fourth-order valence-corrected chi connectivity index (χ4v) is 17.1. The van der Waals surface area contributed by atoms with E-state index in [0.717, 1.165) is 76.1 Å². The minimum atomic E-state index is -1.65. The van der Waals surface area contributed by atoms with Crippen molar-refractivity contribution in [3.63, 3.8) is 0 Å². The van der Waals surface area contributed by atoms with Crippen molar-refractivity contribution in [2.75, 3.05) is 13.2 Å². The minimum Gasteiger partial charge on any atom is -0.418 e. The molecular weight excluding hydrogens is 1150 g/mol. The molecule has 91 heavy (non-hydrogen) atoms. The van der Waals surface area contributed by atoms with Gasteiger partial charge in [0.1, 0.15) is 11.5 Å². The van der Waals surface area contributed by atoms with Crippen LogP contribution in [0.2, 0.25) is 0 Å². The van der Waals surface area contributed by atoms with Gasteiger partial charge in [-0.25, -0.2) is 0 Å². The van der Waals surface area contributed by atoms with E-state index >= 15 is 0 Å². The maximum absolute atomic E-state index is 7.03. The van der Waals surface area contributed by atoms with Gasteiger partial charge in [0.25, 0.3) is 0 Å². The lowest BCUT2D eigenvalue weighted by molar-refractivity contribution is 0.00531. The molecule has 0 saturated heterocycles. The molecule has 528 valence electrons. The normalized spacial score (nSPS) is 17.2. The molecule has 8 heteroatoms. The molecule has 0 atom stereocenters. The highest BCUT2D eigenvalue weighted by Gasteiger charge is 2.42. The standard InChI is InChI=1S/C83H150O6P2/c1-7-11-15-19-23-27-31-35-39-43-47-51-57-75-59-55-61-81(73-75)88-91(89-82-62-56-60-76(74-82)58-52-48-44-40-36-32-28-24-20-16-12-8-2)87-80-69-65-78(66-70-80)83(5,6)77-63-67-79(68-64-77)86-90(84-71-53-49-45-41-37-33-29-25-21-17-13-9-3)85-72-54-50-46-42-38-34-30-26-22-18-14-10-4/h55-56,59-62,73-74,77-80H,7-54,57-58,63-72H2,1-6H3. The van der Waals surface area contributed by atoms with Gasteiger partial charge in [-0.05, 0) is 143 Å². The summed E-state index contributed by atoms with van der Waals surface area (Å²) in [5, 5.41) is 0. The van der Waals surface area contributed by atoms with E-state index in [1.54, 1.807) is 0 Å². The van der Waals surface area contributed by atoms with Gasteiger partial charge in [0.15, 0.2) is 0 Å². The van der Waals surface area contributed by atoms with Crippen LogP contribution in [0.25, 0.3) is 0 Å². The predicted octanol–water partition coefficient (Wildman–Crippen LogP) is 29.7. The van der Waals surface area contributed by atoms with Crippen molar-refractivity contribution in [2.24, 2.45) is 17.3 Å². The number of hydrogen-bond donors (Lipinski definition) is 0. The van der Waals surface area contributed by atoms with Gasteiger partial charge < -0.3 is 22.6 Å². The van der Waals surface area contributed by atoms with E-state index in [9.17, 15) is 0 Å². The topological polar surface area (TPSA) is 55.4 Å². The fraction of sp³-hybridized carbons (Fsp3) is 0.855. The van der Waals surface area contributed by atoms with Crippen LogP contribution in [-0.2, 0) is 30.9 Å². The van der Waals surface area contributed by atoms with Gasteiger partial charge in [0, 0.05) is 0 Å². The largest absolute Gasteiger partial charge is 0.463 e. The number of benzene rings is 2. The summed E-state index contributed by atoms with van der Waals surface area (Å²) < 4.78 is 40.6. The van der Waals surface area contributed by atoms with E-state index in [-0.39, 0.29) is 17.6 Å². The molecule has 0 amide bonds. The summed E-state index contributed by atoms with van der Waals surface area (Å²) in [6.07, 6.45) is 77.2. The third-order valence-corrected chi connectivity index (χ3v) is 23.6. The molecule has 0 N–H and O–H groups in total. The molecule has 0 aliphatic heterocycles. The second kappa shape index (κ2) is 57.8. The molecule has 2 aromatic rings. The van der Waals surface area contributed by atoms with Crippen LogP contribution in [0.1, 0.15) is 412 Å². The van der Waals surface area contributed by atoms with Gasteiger partial charge >= 0.3 is 17.2 Å². The zero-order valence-electron chi connectivity index (χ0n) is 61.2. The second-order valence-electron chi connectivity index (χ2n) is 29.6. The van der Waals surface area contributed by atoms with Crippen molar-refractivity contribution in [1.29, 1.82) is 0 Å². The maximum atomic E-state index is 7.03. The van der Waals surface area contributed by atoms with Crippen LogP contribution < -0.4 is 9.05 Å². The number of unbranched alkanes of at least 4 members (excludes halogenated alkanes) is 44. The maximum Gasteiger partial charge on any atom is 0.463 e. The van der Waals surface area contributed by atoms with E-state index in [1.807, 2.05) is 0 Å². The molecule has 0 bridgehead atoms. The monoisotopic (exact) mass is 1310 g/mol. The Balaban J connectivity index is 1.25. The number of rotatable bonds is 64. The highest BCUT2D eigenvalue weighted by molar-refractivity contribution is 7.42. The average molecular weight is 1310 g/mol. The molecule has 2 aliphatic rings. The number of aryl methyl sites for hydroxylation is 2. The van der Waals surface area contributed by atoms with Gasteiger partial charge in [-0.3, -0.25) is 4.52 Å². The molecule has 0 radical (unpaired) electrons. The summed E-state index contributed by atoms with van der Waals surface area (Å²) >= 11 is 0. The molecule has 0 heterocycles. The molecule has 0 aromatic heterocycles. The van der Waals surface area contributed by atoms with Crippen LogP contribution in [-0.4, -0.2) is 25.4 Å². The summed E-state index contributed by atoms with van der Waals surface area (Å²) in [5.41, 5.74) is 2.96. The quantitative estimate of drug-likeness (QED) is 0.0486. The molecule has 2 saturated carbocycles. The summed E-state index contributed by atoms with van der Waals surface area (Å²) in [6.45, 7) is 15.9. The summed E-state index contributed by atoms with van der Waals surface area (Å²) in [6, 6.07) is 17.6. The first-order valence-electron chi connectivity index (χ1n) is 40.6. The third kappa shape index (κ3) is 42.9. The van der Waals surface area contributed by atoms with Crippen molar-refractivity contribution < 1.29 is 27.1 Å². The van der Waals surface area contributed by atoms with Crippen molar-refractivity contribution in [3.05, 3.63) is 59.7 Å².